The maximum absolute atomic E-state index is 12.3. The van der Waals surface area contributed by atoms with E-state index >= 15 is 0 Å². The van der Waals surface area contributed by atoms with Gasteiger partial charge < -0.3 is 4.90 Å². The molecule has 0 fully saturated rings. The van der Waals surface area contributed by atoms with Crippen molar-refractivity contribution in [1.29, 1.82) is 0 Å². The largest absolute Gasteiger partial charge is 0.335 e. The van der Waals surface area contributed by atoms with Gasteiger partial charge in [0.2, 0.25) is 0 Å². The highest BCUT2D eigenvalue weighted by Gasteiger charge is 2.18. The zero-order valence-corrected chi connectivity index (χ0v) is 12.7. The molecule has 1 aromatic carbocycles. The van der Waals surface area contributed by atoms with Crippen molar-refractivity contribution in [2.24, 2.45) is 0 Å². The first-order valence-corrected chi connectivity index (χ1v) is 7.09. The van der Waals surface area contributed by atoms with Gasteiger partial charge in [-0.2, -0.15) is 0 Å². The number of hydrogen-bond acceptors (Lipinski definition) is 1. The van der Waals surface area contributed by atoms with E-state index in [-0.39, 0.29) is 11.9 Å². The molecule has 0 bridgehead atoms. The fraction of sp³-hybridized carbons (Fsp3) is 0.462. The molecule has 0 atom stereocenters. The summed E-state index contributed by atoms with van der Waals surface area (Å²) in [5, 5.41) is 1.38. The predicted molar refractivity (Wildman–Crippen MR) is 76.2 cm³/mol. The van der Waals surface area contributed by atoms with E-state index in [1.54, 1.807) is 6.07 Å². The van der Waals surface area contributed by atoms with Crippen LogP contribution < -0.4 is 0 Å². The van der Waals surface area contributed by atoms with Gasteiger partial charge in [0.05, 0.1) is 0 Å². The smallest absolute Gasteiger partial charge is 0.254 e. The average Bonchev–Trinajstić information content (AvgIpc) is 2.23. The molecule has 17 heavy (non-hydrogen) atoms. The molecule has 0 aromatic heterocycles. The summed E-state index contributed by atoms with van der Waals surface area (Å²) in [5.41, 5.74) is 1.66. The van der Waals surface area contributed by atoms with Crippen LogP contribution in [0.1, 0.15) is 29.8 Å². The summed E-state index contributed by atoms with van der Waals surface area (Å²) in [4.78, 5) is 14.2. The van der Waals surface area contributed by atoms with Crippen molar-refractivity contribution >= 4 is 33.4 Å². The standard InChI is InChI=1S/C13H17BrClNO/c1-9(2)16(5-4-14)13(17)11-6-10(3)7-12(15)8-11/h6-9H,4-5H2,1-3H3. The fourth-order valence-corrected chi connectivity index (χ4v) is 2.38. The number of hydrogen-bond donors (Lipinski definition) is 0. The molecule has 0 heterocycles. The van der Waals surface area contributed by atoms with Crippen LogP contribution in [-0.4, -0.2) is 28.7 Å². The molecule has 0 aliphatic rings. The van der Waals surface area contributed by atoms with Gasteiger partial charge in [-0.05, 0) is 44.5 Å². The van der Waals surface area contributed by atoms with E-state index in [0.717, 1.165) is 10.9 Å². The van der Waals surface area contributed by atoms with Crippen molar-refractivity contribution in [2.45, 2.75) is 26.8 Å². The maximum atomic E-state index is 12.3. The second kappa shape index (κ2) is 6.41. The SMILES string of the molecule is Cc1cc(Cl)cc(C(=O)N(CCBr)C(C)C)c1. The van der Waals surface area contributed by atoms with Crippen molar-refractivity contribution in [3.8, 4) is 0 Å². The van der Waals surface area contributed by atoms with E-state index in [4.69, 9.17) is 11.6 Å². The Hall–Kier alpha value is -0.540. The van der Waals surface area contributed by atoms with Gasteiger partial charge in [0, 0.05) is 28.5 Å². The zero-order chi connectivity index (χ0) is 13.0. The van der Waals surface area contributed by atoms with Gasteiger partial charge in [-0.25, -0.2) is 0 Å². The van der Waals surface area contributed by atoms with Crippen LogP contribution in [0.15, 0.2) is 18.2 Å². The molecule has 0 N–H and O–H groups in total. The van der Waals surface area contributed by atoms with Crippen LogP contribution in [0, 0.1) is 6.92 Å². The quantitative estimate of drug-likeness (QED) is 0.771. The Balaban J connectivity index is 3.00. The van der Waals surface area contributed by atoms with Gasteiger partial charge >= 0.3 is 0 Å². The van der Waals surface area contributed by atoms with Crippen LogP contribution in [0.25, 0.3) is 0 Å². The molecule has 0 aliphatic carbocycles. The molecular weight excluding hydrogens is 302 g/mol. The topological polar surface area (TPSA) is 20.3 Å². The van der Waals surface area contributed by atoms with E-state index in [0.29, 0.717) is 17.1 Å². The highest BCUT2D eigenvalue weighted by atomic mass is 79.9. The van der Waals surface area contributed by atoms with Crippen LogP contribution in [0.3, 0.4) is 0 Å². The van der Waals surface area contributed by atoms with Crippen LogP contribution >= 0.6 is 27.5 Å². The highest BCUT2D eigenvalue weighted by molar-refractivity contribution is 9.09. The van der Waals surface area contributed by atoms with E-state index in [2.05, 4.69) is 15.9 Å². The van der Waals surface area contributed by atoms with Crippen molar-refractivity contribution < 1.29 is 4.79 Å². The Morgan fingerprint density at radius 2 is 2.06 bits per heavy atom. The molecule has 1 rings (SSSR count). The van der Waals surface area contributed by atoms with Gasteiger partial charge in [-0.1, -0.05) is 27.5 Å². The molecule has 94 valence electrons. The number of aryl methyl sites for hydroxylation is 1. The highest BCUT2D eigenvalue weighted by Crippen LogP contribution is 2.17. The number of halogens is 2. The van der Waals surface area contributed by atoms with E-state index < -0.39 is 0 Å². The summed E-state index contributed by atoms with van der Waals surface area (Å²) in [7, 11) is 0. The lowest BCUT2D eigenvalue weighted by molar-refractivity contribution is 0.0719. The Morgan fingerprint density at radius 3 is 2.53 bits per heavy atom. The number of carbonyl (C=O) groups excluding carboxylic acids is 1. The van der Waals surface area contributed by atoms with Crippen LogP contribution in [0.5, 0.6) is 0 Å². The molecule has 1 aromatic rings. The Bertz CT molecular complexity index is 386. The lowest BCUT2D eigenvalue weighted by Crippen LogP contribution is -2.38. The molecule has 4 heteroatoms. The first-order chi connectivity index (χ1) is 7.95. The number of rotatable bonds is 4. The van der Waals surface area contributed by atoms with E-state index in [1.807, 2.05) is 37.8 Å². The lowest BCUT2D eigenvalue weighted by Gasteiger charge is -2.26. The van der Waals surface area contributed by atoms with Crippen molar-refractivity contribution in [3.63, 3.8) is 0 Å². The fourth-order valence-electron chi connectivity index (χ4n) is 1.71. The van der Waals surface area contributed by atoms with Gasteiger partial charge in [0.15, 0.2) is 0 Å². The second-order valence-corrected chi connectivity index (χ2v) is 5.53. The molecule has 0 radical (unpaired) electrons. The minimum absolute atomic E-state index is 0.0325. The number of nitrogens with zero attached hydrogens (tertiary/aromatic N) is 1. The van der Waals surface area contributed by atoms with Crippen molar-refractivity contribution in [2.75, 3.05) is 11.9 Å². The third-order valence-corrected chi connectivity index (χ3v) is 3.07. The Labute approximate surface area is 116 Å². The molecule has 1 amide bonds. The zero-order valence-electron chi connectivity index (χ0n) is 10.3. The van der Waals surface area contributed by atoms with Gasteiger partial charge in [-0.3, -0.25) is 4.79 Å². The summed E-state index contributed by atoms with van der Waals surface area (Å²) < 4.78 is 0. The van der Waals surface area contributed by atoms with Gasteiger partial charge in [0.25, 0.3) is 5.91 Å². The van der Waals surface area contributed by atoms with Crippen molar-refractivity contribution in [1.82, 2.24) is 4.90 Å². The number of alkyl halides is 1. The predicted octanol–water partition coefficient (Wildman–Crippen LogP) is 3.89. The Kier molecular flexibility index (Phi) is 5.47. The average molecular weight is 319 g/mol. The summed E-state index contributed by atoms with van der Waals surface area (Å²) in [6.45, 7) is 6.66. The summed E-state index contributed by atoms with van der Waals surface area (Å²) >= 11 is 9.34. The van der Waals surface area contributed by atoms with E-state index in [1.165, 1.54) is 0 Å². The summed E-state index contributed by atoms with van der Waals surface area (Å²) in [6.07, 6.45) is 0. The number of benzene rings is 1. The third kappa shape index (κ3) is 4.00. The molecule has 0 unspecified atom stereocenters. The molecular formula is C13H17BrClNO. The van der Waals surface area contributed by atoms with Crippen LogP contribution in [-0.2, 0) is 0 Å². The minimum Gasteiger partial charge on any atom is -0.335 e. The van der Waals surface area contributed by atoms with Crippen LogP contribution in [0.2, 0.25) is 5.02 Å². The Morgan fingerprint density at radius 1 is 1.41 bits per heavy atom. The molecule has 0 aliphatic heterocycles. The van der Waals surface area contributed by atoms with E-state index in [9.17, 15) is 4.79 Å². The number of carbonyl (C=O) groups is 1. The van der Waals surface area contributed by atoms with Crippen LogP contribution in [0.4, 0.5) is 0 Å². The first kappa shape index (κ1) is 14.5. The number of amides is 1. The van der Waals surface area contributed by atoms with Crippen molar-refractivity contribution in [3.05, 3.63) is 34.3 Å². The maximum Gasteiger partial charge on any atom is 0.254 e. The molecule has 0 spiro atoms. The summed E-state index contributed by atoms with van der Waals surface area (Å²) in [6, 6.07) is 5.63. The van der Waals surface area contributed by atoms with Gasteiger partial charge in [0.1, 0.15) is 0 Å². The monoisotopic (exact) mass is 317 g/mol. The normalized spacial score (nSPS) is 10.7. The molecule has 0 saturated carbocycles. The first-order valence-electron chi connectivity index (χ1n) is 5.60. The molecule has 0 saturated heterocycles. The summed E-state index contributed by atoms with van der Waals surface area (Å²) in [5.74, 6) is 0.0325. The molecule has 2 nitrogen and oxygen atoms in total. The third-order valence-electron chi connectivity index (χ3n) is 2.50. The second-order valence-electron chi connectivity index (χ2n) is 4.30. The minimum atomic E-state index is 0.0325. The van der Waals surface area contributed by atoms with Gasteiger partial charge in [-0.15, -0.1) is 0 Å². The lowest BCUT2D eigenvalue weighted by atomic mass is 10.1.